The number of H-pyrrole nitrogens is 1. The summed E-state index contributed by atoms with van der Waals surface area (Å²) in [5.74, 6) is 1.41. The SMILES string of the molecule is CN1CCN(CCCOc2ccc(-c3nc4ccccc4c(=O)[nH]3)cc2)CC1. The molecule has 0 amide bonds. The highest BCUT2D eigenvalue weighted by atomic mass is 16.5. The monoisotopic (exact) mass is 378 g/mol. The molecule has 0 bridgehead atoms. The second-order valence-electron chi connectivity index (χ2n) is 7.30. The van der Waals surface area contributed by atoms with Crippen LogP contribution in [-0.4, -0.2) is 66.1 Å². The highest BCUT2D eigenvalue weighted by molar-refractivity contribution is 5.79. The summed E-state index contributed by atoms with van der Waals surface area (Å²) in [7, 11) is 2.17. The van der Waals surface area contributed by atoms with Crippen LogP contribution in [0.25, 0.3) is 22.3 Å². The van der Waals surface area contributed by atoms with Crippen molar-refractivity contribution in [2.24, 2.45) is 0 Å². The van der Waals surface area contributed by atoms with E-state index in [1.165, 1.54) is 0 Å². The van der Waals surface area contributed by atoms with E-state index in [2.05, 4.69) is 26.8 Å². The van der Waals surface area contributed by atoms with Crippen LogP contribution >= 0.6 is 0 Å². The molecule has 4 rings (SSSR count). The molecule has 0 radical (unpaired) electrons. The summed E-state index contributed by atoms with van der Waals surface area (Å²) < 4.78 is 5.87. The Balaban J connectivity index is 1.33. The molecular formula is C22H26N4O2. The van der Waals surface area contributed by atoms with Crippen LogP contribution in [0.2, 0.25) is 0 Å². The second-order valence-corrected chi connectivity index (χ2v) is 7.30. The average molecular weight is 378 g/mol. The number of hydrogen-bond donors (Lipinski definition) is 1. The van der Waals surface area contributed by atoms with Crippen LogP contribution in [0.1, 0.15) is 6.42 Å². The van der Waals surface area contributed by atoms with Crippen molar-refractivity contribution in [2.75, 3.05) is 46.4 Å². The van der Waals surface area contributed by atoms with Gasteiger partial charge >= 0.3 is 0 Å². The maximum absolute atomic E-state index is 12.2. The molecule has 3 aromatic rings. The molecule has 1 aliphatic rings. The molecule has 0 aliphatic carbocycles. The molecule has 146 valence electrons. The van der Waals surface area contributed by atoms with Gasteiger partial charge in [-0.25, -0.2) is 4.98 Å². The van der Waals surface area contributed by atoms with Crippen molar-refractivity contribution in [3.05, 3.63) is 58.9 Å². The third-order valence-electron chi connectivity index (χ3n) is 5.22. The minimum Gasteiger partial charge on any atom is -0.494 e. The molecule has 2 aromatic carbocycles. The fourth-order valence-corrected chi connectivity index (χ4v) is 3.48. The summed E-state index contributed by atoms with van der Waals surface area (Å²) in [5.41, 5.74) is 1.45. The summed E-state index contributed by atoms with van der Waals surface area (Å²) >= 11 is 0. The van der Waals surface area contributed by atoms with Gasteiger partial charge in [0.1, 0.15) is 11.6 Å². The number of para-hydroxylation sites is 1. The summed E-state index contributed by atoms with van der Waals surface area (Å²) in [6, 6.07) is 15.1. The van der Waals surface area contributed by atoms with Crippen LogP contribution in [0.3, 0.4) is 0 Å². The lowest BCUT2D eigenvalue weighted by Gasteiger charge is -2.32. The van der Waals surface area contributed by atoms with Gasteiger partial charge in [-0.3, -0.25) is 4.79 Å². The van der Waals surface area contributed by atoms with E-state index in [1.54, 1.807) is 6.07 Å². The van der Waals surface area contributed by atoms with Crippen LogP contribution in [0, 0.1) is 0 Å². The number of rotatable bonds is 6. The number of nitrogens with one attached hydrogen (secondary N) is 1. The molecule has 6 nitrogen and oxygen atoms in total. The Morgan fingerprint density at radius 1 is 1.04 bits per heavy atom. The van der Waals surface area contributed by atoms with Crippen LogP contribution in [0.4, 0.5) is 0 Å². The molecule has 1 saturated heterocycles. The molecule has 1 aliphatic heterocycles. The van der Waals surface area contributed by atoms with E-state index in [9.17, 15) is 4.79 Å². The lowest BCUT2D eigenvalue weighted by molar-refractivity contribution is 0.145. The maximum atomic E-state index is 12.2. The van der Waals surface area contributed by atoms with E-state index in [1.807, 2.05) is 42.5 Å². The maximum Gasteiger partial charge on any atom is 0.259 e. The Morgan fingerprint density at radius 2 is 1.79 bits per heavy atom. The van der Waals surface area contributed by atoms with Crippen LogP contribution in [0.15, 0.2) is 53.3 Å². The summed E-state index contributed by atoms with van der Waals surface area (Å²) in [6.07, 6.45) is 1.02. The van der Waals surface area contributed by atoms with Crippen molar-refractivity contribution in [3.8, 4) is 17.1 Å². The molecule has 1 N–H and O–H groups in total. The normalized spacial score (nSPS) is 15.8. The largest absolute Gasteiger partial charge is 0.494 e. The summed E-state index contributed by atoms with van der Waals surface area (Å²) in [5, 5.41) is 0.603. The van der Waals surface area contributed by atoms with Crippen molar-refractivity contribution >= 4 is 10.9 Å². The number of nitrogens with zero attached hydrogens (tertiary/aromatic N) is 3. The molecule has 1 aromatic heterocycles. The lowest BCUT2D eigenvalue weighted by Crippen LogP contribution is -2.44. The van der Waals surface area contributed by atoms with Gasteiger partial charge in [0, 0.05) is 38.3 Å². The number of ether oxygens (including phenoxy) is 1. The Bertz CT molecular complexity index is 976. The molecule has 0 atom stereocenters. The average Bonchev–Trinajstić information content (AvgIpc) is 2.73. The summed E-state index contributed by atoms with van der Waals surface area (Å²) in [6.45, 7) is 6.36. The van der Waals surface area contributed by atoms with Gasteiger partial charge in [-0.2, -0.15) is 0 Å². The zero-order valence-electron chi connectivity index (χ0n) is 16.2. The smallest absolute Gasteiger partial charge is 0.259 e. The zero-order valence-corrected chi connectivity index (χ0v) is 16.2. The molecule has 0 saturated carbocycles. The van der Waals surface area contributed by atoms with E-state index in [4.69, 9.17) is 4.74 Å². The minimum absolute atomic E-state index is 0.121. The Kier molecular flexibility index (Phi) is 5.69. The van der Waals surface area contributed by atoms with E-state index in [0.29, 0.717) is 23.3 Å². The number of piperazine rings is 1. The van der Waals surface area contributed by atoms with Gasteiger partial charge in [0.05, 0.1) is 17.5 Å². The van der Waals surface area contributed by atoms with Crippen LogP contribution in [-0.2, 0) is 0 Å². The van der Waals surface area contributed by atoms with Crippen LogP contribution < -0.4 is 10.3 Å². The first-order valence-corrected chi connectivity index (χ1v) is 9.82. The number of aromatic amines is 1. The van der Waals surface area contributed by atoms with E-state index in [0.717, 1.165) is 50.5 Å². The van der Waals surface area contributed by atoms with Crippen molar-refractivity contribution in [2.45, 2.75) is 6.42 Å². The van der Waals surface area contributed by atoms with E-state index in [-0.39, 0.29) is 5.56 Å². The van der Waals surface area contributed by atoms with Gasteiger partial charge in [0.15, 0.2) is 0 Å². The van der Waals surface area contributed by atoms with Gasteiger partial charge in [0.25, 0.3) is 5.56 Å². The van der Waals surface area contributed by atoms with Gasteiger partial charge in [0.2, 0.25) is 0 Å². The molecule has 0 spiro atoms. The Hall–Kier alpha value is -2.70. The number of hydrogen-bond acceptors (Lipinski definition) is 5. The van der Waals surface area contributed by atoms with Crippen LogP contribution in [0.5, 0.6) is 5.75 Å². The number of aromatic nitrogens is 2. The molecule has 0 unspecified atom stereocenters. The molecular weight excluding hydrogens is 352 g/mol. The number of benzene rings is 2. The lowest BCUT2D eigenvalue weighted by atomic mass is 10.2. The van der Waals surface area contributed by atoms with E-state index >= 15 is 0 Å². The molecule has 28 heavy (non-hydrogen) atoms. The summed E-state index contributed by atoms with van der Waals surface area (Å²) in [4.78, 5) is 24.5. The van der Waals surface area contributed by atoms with Gasteiger partial charge in [-0.1, -0.05) is 12.1 Å². The van der Waals surface area contributed by atoms with Gasteiger partial charge < -0.3 is 19.5 Å². The van der Waals surface area contributed by atoms with Crippen molar-refractivity contribution in [1.82, 2.24) is 19.8 Å². The van der Waals surface area contributed by atoms with Crippen molar-refractivity contribution < 1.29 is 4.74 Å². The highest BCUT2D eigenvalue weighted by Gasteiger charge is 2.12. The fraction of sp³-hybridized carbons (Fsp3) is 0.364. The van der Waals surface area contributed by atoms with Crippen molar-refractivity contribution in [3.63, 3.8) is 0 Å². The Labute approximate surface area is 164 Å². The van der Waals surface area contributed by atoms with Gasteiger partial charge in [-0.05, 0) is 49.9 Å². The quantitative estimate of drug-likeness (QED) is 0.668. The first kappa shape index (κ1) is 18.7. The first-order valence-electron chi connectivity index (χ1n) is 9.82. The third-order valence-corrected chi connectivity index (χ3v) is 5.22. The fourth-order valence-electron chi connectivity index (χ4n) is 3.48. The van der Waals surface area contributed by atoms with Gasteiger partial charge in [-0.15, -0.1) is 0 Å². The number of fused-ring (bicyclic) bond motifs is 1. The Morgan fingerprint density at radius 3 is 2.57 bits per heavy atom. The molecule has 2 heterocycles. The predicted molar refractivity (Wildman–Crippen MR) is 112 cm³/mol. The van der Waals surface area contributed by atoms with Crippen molar-refractivity contribution in [1.29, 1.82) is 0 Å². The first-order chi connectivity index (χ1) is 13.7. The predicted octanol–water partition coefficient (Wildman–Crippen LogP) is 2.61. The number of likely N-dealkylation sites (N-methyl/N-ethyl adjacent to an activating group) is 1. The van der Waals surface area contributed by atoms with E-state index < -0.39 is 0 Å². The minimum atomic E-state index is -0.121. The highest BCUT2D eigenvalue weighted by Crippen LogP contribution is 2.20. The molecule has 6 heteroatoms. The topological polar surface area (TPSA) is 61.5 Å². The zero-order chi connectivity index (χ0) is 19.3. The standard InChI is InChI=1S/C22H26N4O2/c1-25-12-14-26(15-13-25)11-4-16-28-18-9-7-17(8-10-18)21-23-20-6-3-2-5-19(20)22(27)24-21/h2-3,5-10H,4,11-16H2,1H3,(H,23,24,27). The third kappa shape index (κ3) is 4.40. The molecule has 1 fully saturated rings. The second kappa shape index (κ2) is 8.54.